The third kappa shape index (κ3) is 2.06. The van der Waals surface area contributed by atoms with Crippen LogP contribution >= 0.6 is 0 Å². The number of hydrogen-bond donors (Lipinski definition) is 0. The molecule has 0 radical (unpaired) electrons. The molecule has 0 aromatic carbocycles. The van der Waals surface area contributed by atoms with Crippen LogP contribution in [-0.2, 0) is 19.1 Å². The second kappa shape index (κ2) is 4.97. The van der Waals surface area contributed by atoms with Crippen molar-refractivity contribution >= 4 is 11.8 Å². The largest absolute Gasteiger partial charge is 0.353 e. The molecule has 5 nitrogen and oxygen atoms in total. The molecule has 3 aliphatic rings. The van der Waals surface area contributed by atoms with Crippen LogP contribution in [0.5, 0.6) is 0 Å². The summed E-state index contributed by atoms with van der Waals surface area (Å²) in [6.07, 6.45) is 4.03. The normalized spacial score (nSPS) is 33.2. The third-order valence-corrected chi connectivity index (χ3v) is 4.17. The van der Waals surface area contributed by atoms with E-state index in [-0.39, 0.29) is 29.9 Å². The van der Waals surface area contributed by atoms with E-state index < -0.39 is 0 Å². The lowest BCUT2D eigenvalue weighted by atomic mass is 10.00. The molecule has 2 amide bonds. The molecular weight excluding hydrogens is 234 g/mol. The molecule has 2 atom stereocenters. The first kappa shape index (κ1) is 12.1. The van der Waals surface area contributed by atoms with Gasteiger partial charge in [-0.05, 0) is 19.3 Å². The molecule has 0 aromatic heterocycles. The van der Waals surface area contributed by atoms with Crippen LogP contribution in [0.3, 0.4) is 0 Å². The van der Waals surface area contributed by atoms with Crippen LogP contribution in [0.15, 0.2) is 0 Å². The van der Waals surface area contributed by atoms with Crippen molar-refractivity contribution in [3.8, 4) is 0 Å². The number of hydrogen-bond acceptors (Lipinski definition) is 4. The number of carbonyl (C=O) groups is 2. The minimum absolute atomic E-state index is 0.0262. The van der Waals surface area contributed by atoms with Crippen LogP contribution in [0.25, 0.3) is 0 Å². The molecule has 0 aromatic rings. The molecule has 2 saturated heterocycles. The van der Waals surface area contributed by atoms with Crippen LogP contribution in [0.4, 0.5) is 0 Å². The number of carbonyl (C=O) groups excluding carboxylic acids is 2. The quantitative estimate of drug-likeness (QED) is 0.702. The first-order chi connectivity index (χ1) is 8.77. The summed E-state index contributed by atoms with van der Waals surface area (Å²) in [6.45, 7) is 1.85. The molecule has 100 valence electrons. The monoisotopic (exact) mass is 253 g/mol. The maximum Gasteiger partial charge on any atom is 0.233 e. The highest BCUT2D eigenvalue weighted by Crippen LogP contribution is 2.39. The van der Waals surface area contributed by atoms with Crippen molar-refractivity contribution in [1.82, 2.24) is 4.90 Å². The van der Waals surface area contributed by atoms with Gasteiger partial charge in [-0.15, -0.1) is 0 Å². The first-order valence-electron chi connectivity index (χ1n) is 6.86. The van der Waals surface area contributed by atoms with E-state index in [9.17, 15) is 9.59 Å². The van der Waals surface area contributed by atoms with Gasteiger partial charge in [-0.2, -0.15) is 0 Å². The first-order valence-corrected chi connectivity index (χ1v) is 6.86. The highest BCUT2D eigenvalue weighted by atomic mass is 16.7. The zero-order valence-electron chi connectivity index (χ0n) is 10.5. The van der Waals surface area contributed by atoms with Crippen molar-refractivity contribution in [2.45, 2.75) is 38.4 Å². The Labute approximate surface area is 106 Å². The molecule has 3 fully saturated rings. The van der Waals surface area contributed by atoms with E-state index in [2.05, 4.69) is 0 Å². The highest BCUT2D eigenvalue weighted by Gasteiger charge is 2.49. The minimum Gasteiger partial charge on any atom is -0.353 e. The Morgan fingerprint density at radius 3 is 2.22 bits per heavy atom. The van der Waals surface area contributed by atoms with Crippen LogP contribution in [0, 0.1) is 11.8 Å². The number of fused-ring (bicyclic) bond motifs is 1. The Bertz CT molecular complexity index is 329. The topological polar surface area (TPSA) is 55.8 Å². The summed E-state index contributed by atoms with van der Waals surface area (Å²) in [5.41, 5.74) is 0. The fraction of sp³-hybridized carbons (Fsp3) is 0.846. The Morgan fingerprint density at radius 1 is 1.00 bits per heavy atom. The molecule has 0 spiro atoms. The molecule has 3 rings (SSSR count). The summed E-state index contributed by atoms with van der Waals surface area (Å²) in [6, 6.07) is 0. The fourth-order valence-corrected chi connectivity index (χ4v) is 3.22. The minimum atomic E-state index is -0.250. The summed E-state index contributed by atoms with van der Waals surface area (Å²) in [4.78, 5) is 25.6. The highest BCUT2D eigenvalue weighted by molar-refractivity contribution is 6.05. The Morgan fingerprint density at radius 2 is 1.61 bits per heavy atom. The van der Waals surface area contributed by atoms with Crippen molar-refractivity contribution in [2.24, 2.45) is 11.8 Å². The SMILES string of the molecule is O=C1C2CCCC2C(=O)N1CCC1OCCCO1. The number of rotatable bonds is 3. The van der Waals surface area contributed by atoms with E-state index in [0.29, 0.717) is 26.2 Å². The standard InChI is InChI=1S/C13H19NO4/c15-12-9-3-1-4-10(9)13(16)14(12)6-5-11-17-7-2-8-18-11/h9-11H,1-8H2. The predicted octanol–water partition coefficient (Wildman–Crippen LogP) is 0.925. The van der Waals surface area contributed by atoms with E-state index in [1.54, 1.807) is 0 Å². The Balaban J connectivity index is 1.56. The molecule has 2 heterocycles. The number of nitrogens with zero attached hydrogens (tertiary/aromatic N) is 1. The number of amides is 2. The molecule has 18 heavy (non-hydrogen) atoms. The number of imide groups is 1. The van der Waals surface area contributed by atoms with Crippen molar-refractivity contribution in [2.75, 3.05) is 19.8 Å². The molecule has 1 saturated carbocycles. The van der Waals surface area contributed by atoms with Crippen LogP contribution in [0.2, 0.25) is 0 Å². The summed E-state index contributed by atoms with van der Waals surface area (Å²) in [7, 11) is 0. The zero-order chi connectivity index (χ0) is 12.5. The van der Waals surface area contributed by atoms with E-state index in [1.807, 2.05) is 0 Å². The molecule has 2 aliphatic heterocycles. The van der Waals surface area contributed by atoms with Gasteiger partial charge in [0.15, 0.2) is 6.29 Å². The van der Waals surface area contributed by atoms with Gasteiger partial charge in [0.2, 0.25) is 11.8 Å². The Kier molecular flexibility index (Phi) is 3.35. The molecule has 5 heteroatoms. The lowest BCUT2D eigenvalue weighted by Crippen LogP contribution is -2.36. The van der Waals surface area contributed by atoms with Gasteiger partial charge in [-0.1, -0.05) is 6.42 Å². The average molecular weight is 253 g/mol. The van der Waals surface area contributed by atoms with Crippen molar-refractivity contribution in [3.63, 3.8) is 0 Å². The second-order valence-electron chi connectivity index (χ2n) is 5.29. The third-order valence-electron chi connectivity index (χ3n) is 4.17. The van der Waals surface area contributed by atoms with Crippen LogP contribution in [-0.4, -0.2) is 42.8 Å². The van der Waals surface area contributed by atoms with Gasteiger partial charge in [0, 0.05) is 13.0 Å². The maximum atomic E-state index is 12.1. The zero-order valence-corrected chi connectivity index (χ0v) is 10.5. The van der Waals surface area contributed by atoms with E-state index in [4.69, 9.17) is 9.47 Å². The van der Waals surface area contributed by atoms with E-state index in [1.165, 1.54) is 4.90 Å². The van der Waals surface area contributed by atoms with Crippen molar-refractivity contribution < 1.29 is 19.1 Å². The Hall–Kier alpha value is -0.940. The average Bonchev–Trinajstić information content (AvgIpc) is 2.95. The number of likely N-dealkylation sites (tertiary alicyclic amines) is 1. The molecule has 2 unspecified atom stereocenters. The maximum absolute atomic E-state index is 12.1. The van der Waals surface area contributed by atoms with E-state index >= 15 is 0 Å². The van der Waals surface area contributed by atoms with Gasteiger partial charge in [-0.3, -0.25) is 14.5 Å². The molecule has 0 N–H and O–H groups in total. The van der Waals surface area contributed by atoms with Crippen molar-refractivity contribution in [1.29, 1.82) is 0 Å². The van der Waals surface area contributed by atoms with Crippen molar-refractivity contribution in [3.05, 3.63) is 0 Å². The predicted molar refractivity (Wildman–Crippen MR) is 62.5 cm³/mol. The van der Waals surface area contributed by atoms with Gasteiger partial charge < -0.3 is 9.47 Å². The summed E-state index contributed by atoms with van der Waals surface area (Å²) < 4.78 is 10.9. The van der Waals surface area contributed by atoms with Crippen LogP contribution in [0.1, 0.15) is 32.1 Å². The second-order valence-corrected chi connectivity index (χ2v) is 5.29. The summed E-state index contributed by atoms with van der Waals surface area (Å²) >= 11 is 0. The van der Waals surface area contributed by atoms with Gasteiger partial charge in [0.05, 0.1) is 25.0 Å². The molecule has 1 aliphatic carbocycles. The number of ether oxygens (including phenoxy) is 2. The lowest BCUT2D eigenvalue weighted by Gasteiger charge is -2.25. The van der Waals surface area contributed by atoms with Crippen LogP contribution < -0.4 is 0 Å². The fourth-order valence-electron chi connectivity index (χ4n) is 3.22. The van der Waals surface area contributed by atoms with Gasteiger partial charge in [-0.25, -0.2) is 0 Å². The summed E-state index contributed by atoms with van der Waals surface area (Å²) in [5.74, 6) is -0.0204. The summed E-state index contributed by atoms with van der Waals surface area (Å²) in [5, 5.41) is 0. The van der Waals surface area contributed by atoms with E-state index in [0.717, 1.165) is 25.7 Å². The van der Waals surface area contributed by atoms with Gasteiger partial charge in [0.1, 0.15) is 0 Å². The lowest BCUT2D eigenvalue weighted by molar-refractivity contribution is -0.183. The van der Waals surface area contributed by atoms with Gasteiger partial charge >= 0.3 is 0 Å². The van der Waals surface area contributed by atoms with Gasteiger partial charge in [0.25, 0.3) is 0 Å². The molecular formula is C13H19NO4. The molecule has 0 bridgehead atoms. The smallest absolute Gasteiger partial charge is 0.233 e.